The van der Waals surface area contributed by atoms with Gasteiger partial charge in [-0.3, -0.25) is 10.2 Å². The second-order valence-corrected chi connectivity index (χ2v) is 2.72. The summed E-state index contributed by atoms with van der Waals surface area (Å²) in [4.78, 5) is 15.2. The van der Waals surface area contributed by atoms with Crippen LogP contribution in [0.5, 0.6) is 0 Å². The number of esters is 1. The van der Waals surface area contributed by atoms with E-state index in [4.69, 9.17) is 4.74 Å². The molecular formula is C8H9N5O2. The van der Waals surface area contributed by atoms with Crippen molar-refractivity contribution in [2.75, 3.05) is 6.61 Å². The molecule has 7 heteroatoms. The second-order valence-electron chi connectivity index (χ2n) is 2.72. The summed E-state index contributed by atoms with van der Waals surface area (Å²) >= 11 is 0. The fourth-order valence-corrected chi connectivity index (χ4v) is 1.05. The standard InChI is InChI=1S/C8H9N5O2/c1-2-15-8(14)7-11-6(12-13-7)5-3-9-10-4-5/h3-4H,2H2,1H3,(H,9,10)(H,11,12,13). The van der Waals surface area contributed by atoms with Crippen LogP contribution in [0.2, 0.25) is 0 Å². The fourth-order valence-electron chi connectivity index (χ4n) is 1.05. The zero-order valence-corrected chi connectivity index (χ0v) is 8.02. The molecule has 0 amide bonds. The van der Waals surface area contributed by atoms with Crippen molar-refractivity contribution in [1.29, 1.82) is 0 Å². The number of H-pyrrole nitrogens is 2. The van der Waals surface area contributed by atoms with E-state index in [2.05, 4.69) is 25.4 Å². The molecule has 0 spiro atoms. The maximum Gasteiger partial charge on any atom is 0.375 e. The summed E-state index contributed by atoms with van der Waals surface area (Å²) < 4.78 is 4.76. The van der Waals surface area contributed by atoms with E-state index in [1.807, 2.05) is 0 Å². The van der Waals surface area contributed by atoms with Crippen LogP contribution in [0.25, 0.3) is 11.4 Å². The normalized spacial score (nSPS) is 10.2. The Morgan fingerprint density at radius 2 is 2.47 bits per heavy atom. The van der Waals surface area contributed by atoms with Gasteiger partial charge in [-0.05, 0) is 6.92 Å². The second kappa shape index (κ2) is 3.91. The van der Waals surface area contributed by atoms with Gasteiger partial charge in [-0.15, -0.1) is 0 Å². The van der Waals surface area contributed by atoms with Gasteiger partial charge in [-0.1, -0.05) is 0 Å². The van der Waals surface area contributed by atoms with Crippen LogP contribution in [0, 0.1) is 0 Å². The molecule has 2 N–H and O–H groups in total. The Bertz CT molecular complexity index is 447. The minimum atomic E-state index is -0.514. The first-order valence-corrected chi connectivity index (χ1v) is 4.40. The minimum Gasteiger partial charge on any atom is -0.460 e. The van der Waals surface area contributed by atoms with Gasteiger partial charge in [0, 0.05) is 6.20 Å². The molecule has 78 valence electrons. The third-order valence-corrected chi connectivity index (χ3v) is 1.71. The van der Waals surface area contributed by atoms with E-state index in [0.717, 1.165) is 0 Å². The number of rotatable bonds is 3. The van der Waals surface area contributed by atoms with Gasteiger partial charge in [-0.25, -0.2) is 9.78 Å². The Morgan fingerprint density at radius 1 is 1.60 bits per heavy atom. The van der Waals surface area contributed by atoms with E-state index >= 15 is 0 Å². The molecule has 0 aliphatic carbocycles. The van der Waals surface area contributed by atoms with Gasteiger partial charge in [-0.2, -0.15) is 10.2 Å². The predicted octanol–water partition coefficient (Wildman–Crippen LogP) is 0.371. The van der Waals surface area contributed by atoms with Crippen LogP contribution in [-0.4, -0.2) is 38.0 Å². The van der Waals surface area contributed by atoms with Gasteiger partial charge >= 0.3 is 5.97 Å². The van der Waals surface area contributed by atoms with Crippen molar-refractivity contribution in [2.24, 2.45) is 0 Å². The van der Waals surface area contributed by atoms with Gasteiger partial charge in [0.05, 0.1) is 18.4 Å². The van der Waals surface area contributed by atoms with Crippen molar-refractivity contribution < 1.29 is 9.53 Å². The summed E-state index contributed by atoms with van der Waals surface area (Å²) in [5.41, 5.74) is 0.710. The number of aromatic amines is 2. The molecule has 0 fully saturated rings. The highest BCUT2D eigenvalue weighted by atomic mass is 16.5. The highest BCUT2D eigenvalue weighted by Gasteiger charge is 2.13. The number of nitrogens with zero attached hydrogens (tertiary/aromatic N) is 3. The molecule has 15 heavy (non-hydrogen) atoms. The van der Waals surface area contributed by atoms with Crippen LogP contribution in [0.1, 0.15) is 17.5 Å². The molecule has 0 radical (unpaired) electrons. The van der Waals surface area contributed by atoms with Crippen LogP contribution in [0.15, 0.2) is 12.4 Å². The molecule has 2 rings (SSSR count). The van der Waals surface area contributed by atoms with Crippen molar-refractivity contribution in [3.05, 3.63) is 18.2 Å². The highest BCUT2D eigenvalue weighted by Crippen LogP contribution is 2.11. The smallest absolute Gasteiger partial charge is 0.375 e. The van der Waals surface area contributed by atoms with Crippen LogP contribution in [-0.2, 0) is 4.74 Å². The van der Waals surface area contributed by atoms with Crippen molar-refractivity contribution >= 4 is 5.97 Å². The van der Waals surface area contributed by atoms with E-state index in [9.17, 15) is 4.79 Å². The van der Waals surface area contributed by atoms with Gasteiger partial charge in [0.25, 0.3) is 0 Å². The molecule has 0 unspecified atom stereocenters. The Morgan fingerprint density at radius 3 is 3.13 bits per heavy atom. The topological polar surface area (TPSA) is 96.6 Å². The number of hydrogen-bond acceptors (Lipinski definition) is 5. The molecule has 0 saturated carbocycles. The predicted molar refractivity (Wildman–Crippen MR) is 49.9 cm³/mol. The van der Waals surface area contributed by atoms with Crippen molar-refractivity contribution in [2.45, 2.75) is 6.92 Å². The zero-order valence-electron chi connectivity index (χ0n) is 8.02. The average Bonchev–Trinajstić information content (AvgIpc) is 2.89. The molecule has 0 bridgehead atoms. The highest BCUT2D eigenvalue weighted by molar-refractivity contribution is 5.85. The van der Waals surface area contributed by atoms with E-state index in [-0.39, 0.29) is 5.82 Å². The van der Waals surface area contributed by atoms with Crippen LogP contribution in [0.3, 0.4) is 0 Å². The molecule has 0 atom stereocenters. The lowest BCUT2D eigenvalue weighted by atomic mass is 10.3. The summed E-state index contributed by atoms with van der Waals surface area (Å²) in [5.74, 6) is -0.0143. The van der Waals surface area contributed by atoms with Gasteiger partial charge < -0.3 is 4.74 Å². The lowest BCUT2D eigenvalue weighted by Crippen LogP contribution is -2.06. The first kappa shape index (κ1) is 9.38. The van der Waals surface area contributed by atoms with Crippen molar-refractivity contribution in [1.82, 2.24) is 25.4 Å². The molecule has 7 nitrogen and oxygen atoms in total. The first-order chi connectivity index (χ1) is 7.31. The van der Waals surface area contributed by atoms with Crippen LogP contribution in [0.4, 0.5) is 0 Å². The molecule has 0 aromatic carbocycles. The number of hydrogen-bond donors (Lipinski definition) is 2. The van der Waals surface area contributed by atoms with Gasteiger partial charge in [0.1, 0.15) is 0 Å². The van der Waals surface area contributed by atoms with E-state index < -0.39 is 5.97 Å². The number of aromatic nitrogens is 5. The maximum atomic E-state index is 11.2. The summed E-state index contributed by atoms with van der Waals surface area (Å²) in [5, 5.41) is 12.8. The summed E-state index contributed by atoms with van der Waals surface area (Å²) in [7, 11) is 0. The number of ether oxygens (including phenoxy) is 1. The molecule has 2 aromatic rings. The Labute approximate surface area is 84.9 Å². The fraction of sp³-hybridized carbons (Fsp3) is 0.250. The van der Waals surface area contributed by atoms with Gasteiger partial charge in [0.2, 0.25) is 5.82 Å². The molecule has 0 aliphatic heterocycles. The van der Waals surface area contributed by atoms with Crippen LogP contribution < -0.4 is 0 Å². The lowest BCUT2D eigenvalue weighted by Gasteiger charge is -1.94. The van der Waals surface area contributed by atoms with E-state index in [1.165, 1.54) is 0 Å². The Kier molecular flexibility index (Phi) is 2.44. The Balaban J connectivity index is 2.21. The summed E-state index contributed by atoms with van der Waals surface area (Å²) in [6.07, 6.45) is 3.20. The van der Waals surface area contributed by atoms with E-state index in [0.29, 0.717) is 18.0 Å². The lowest BCUT2D eigenvalue weighted by molar-refractivity contribution is 0.0512. The number of carbonyl (C=O) groups is 1. The third-order valence-electron chi connectivity index (χ3n) is 1.71. The van der Waals surface area contributed by atoms with Gasteiger partial charge in [0.15, 0.2) is 5.82 Å². The van der Waals surface area contributed by atoms with E-state index in [1.54, 1.807) is 19.3 Å². The van der Waals surface area contributed by atoms with Crippen molar-refractivity contribution in [3.63, 3.8) is 0 Å². The number of carbonyl (C=O) groups excluding carboxylic acids is 1. The average molecular weight is 207 g/mol. The third kappa shape index (κ3) is 1.85. The SMILES string of the molecule is CCOC(=O)c1nc(-c2cn[nH]c2)n[nH]1. The molecular weight excluding hydrogens is 198 g/mol. The van der Waals surface area contributed by atoms with Crippen LogP contribution >= 0.6 is 0 Å². The first-order valence-electron chi connectivity index (χ1n) is 4.40. The molecule has 0 aliphatic rings. The monoisotopic (exact) mass is 207 g/mol. The summed E-state index contributed by atoms with van der Waals surface area (Å²) in [6.45, 7) is 2.03. The molecule has 2 heterocycles. The van der Waals surface area contributed by atoms with Crippen molar-refractivity contribution in [3.8, 4) is 11.4 Å². The Hall–Kier alpha value is -2.18. The molecule has 2 aromatic heterocycles. The number of nitrogens with one attached hydrogen (secondary N) is 2. The molecule has 0 saturated heterocycles. The summed E-state index contributed by atoms with van der Waals surface area (Å²) in [6, 6.07) is 0. The minimum absolute atomic E-state index is 0.0908. The zero-order chi connectivity index (χ0) is 10.7. The quantitative estimate of drug-likeness (QED) is 0.709. The maximum absolute atomic E-state index is 11.2. The largest absolute Gasteiger partial charge is 0.460 e.